The molecule has 0 radical (unpaired) electrons. The van der Waals surface area contributed by atoms with Gasteiger partial charge in [0.15, 0.2) is 17.3 Å². The van der Waals surface area contributed by atoms with Gasteiger partial charge < -0.3 is 14.6 Å². The molecule has 0 saturated carbocycles. The second-order valence-corrected chi connectivity index (χ2v) is 6.53. The maximum atomic E-state index is 10.5. The van der Waals surface area contributed by atoms with Crippen LogP contribution < -0.4 is 9.47 Å². The Bertz CT molecular complexity index is 1170. The molecule has 4 aromatic rings. The molecule has 0 atom stereocenters. The Morgan fingerprint density at radius 2 is 1.57 bits per heavy atom. The summed E-state index contributed by atoms with van der Waals surface area (Å²) in [4.78, 5) is 9.24. The maximum absolute atomic E-state index is 10.5. The maximum Gasteiger partial charge on any atom is 0.230 e. The van der Waals surface area contributed by atoms with Crippen LogP contribution in [0, 0.1) is 13.8 Å². The van der Waals surface area contributed by atoms with Crippen LogP contribution in [0.5, 0.6) is 23.1 Å². The number of rotatable bonds is 4. The summed E-state index contributed by atoms with van der Waals surface area (Å²) >= 11 is 0. The summed E-state index contributed by atoms with van der Waals surface area (Å²) in [6.45, 7) is 4.06. The Hall–Kier alpha value is -3.60. The number of para-hydroxylation sites is 2. The number of phenolic OH excluding ortho intramolecular Hbond substituents is 1. The molecule has 28 heavy (non-hydrogen) atoms. The highest BCUT2D eigenvalue weighted by molar-refractivity contribution is 5.86. The molecule has 1 N–H and O–H groups in total. The lowest BCUT2D eigenvalue weighted by Crippen LogP contribution is -1.98. The van der Waals surface area contributed by atoms with Crippen LogP contribution in [-0.2, 0) is 0 Å². The highest BCUT2D eigenvalue weighted by Crippen LogP contribution is 2.38. The number of methoxy groups -OCH3 is 1. The molecule has 3 aromatic carbocycles. The molecule has 5 nitrogen and oxygen atoms in total. The van der Waals surface area contributed by atoms with E-state index in [0.717, 1.165) is 27.8 Å². The van der Waals surface area contributed by atoms with Gasteiger partial charge in [0.25, 0.3) is 0 Å². The van der Waals surface area contributed by atoms with Gasteiger partial charge in [0.05, 0.1) is 23.6 Å². The Balaban J connectivity index is 1.90. The van der Waals surface area contributed by atoms with Crippen LogP contribution in [0.25, 0.3) is 22.3 Å². The molecule has 0 saturated heterocycles. The average molecular weight is 372 g/mol. The van der Waals surface area contributed by atoms with Gasteiger partial charge in [-0.25, -0.2) is 4.98 Å². The number of aromatic hydroxyl groups is 1. The van der Waals surface area contributed by atoms with Crippen molar-refractivity contribution >= 4 is 10.9 Å². The minimum absolute atomic E-state index is 0.00188. The number of hydrogen-bond donors (Lipinski definition) is 1. The van der Waals surface area contributed by atoms with Crippen LogP contribution in [0.1, 0.15) is 11.1 Å². The molecule has 0 spiro atoms. The monoisotopic (exact) mass is 372 g/mol. The van der Waals surface area contributed by atoms with Crippen molar-refractivity contribution < 1.29 is 14.6 Å². The summed E-state index contributed by atoms with van der Waals surface area (Å²) in [6.07, 6.45) is 0. The third kappa shape index (κ3) is 3.11. The number of aromatic nitrogens is 2. The lowest BCUT2D eigenvalue weighted by molar-refractivity contribution is 0.374. The number of hydrogen-bond acceptors (Lipinski definition) is 5. The highest BCUT2D eigenvalue weighted by Gasteiger charge is 2.16. The van der Waals surface area contributed by atoms with E-state index in [0.29, 0.717) is 23.0 Å². The van der Waals surface area contributed by atoms with Gasteiger partial charge in [-0.1, -0.05) is 30.3 Å². The molecule has 0 amide bonds. The standard InChI is InChI=1S/C23H20N2O3/c1-14-8-6-12-19(15(14)2)28-23-16-9-4-5-11-18(16)24-22(25-23)17-10-7-13-20(27-3)21(17)26/h4-13,26H,1-3H3. The largest absolute Gasteiger partial charge is 0.504 e. The van der Waals surface area contributed by atoms with E-state index in [2.05, 4.69) is 9.97 Å². The molecule has 0 aliphatic heterocycles. The average Bonchev–Trinajstić information content (AvgIpc) is 2.71. The fourth-order valence-electron chi connectivity index (χ4n) is 3.05. The number of phenols is 1. The molecule has 5 heteroatoms. The van der Waals surface area contributed by atoms with Crippen LogP contribution >= 0.6 is 0 Å². The molecule has 0 fully saturated rings. The van der Waals surface area contributed by atoms with Crippen molar-refractivity contribution in [2.24, 2.45) is 0 Å². The zero-order valence-electron chi connectivity index (χ0n) is 15.9. The van der Waals surface area contributed by atoms with Crippen LogP contribution in [0.3, 0.4) is 0 Å². The fraction of sp³-hybridized carbons (Fsp3) is 0.130. The molecular formula is C23H20N2O3. The minimum atomic E-state index is -0.00188. The first kappa shape index (κ1) is 17.8. The molecule has 4 rings (SSSR count). The second-order valence-electron chi connectivity index (χ2n) is 6.53. The third-order valence-corrected chi connectivity index (χ3v) is 4.79. The van der Waals surface area contributed by atoms with Gasteiger partial charge in [-0.15, -0.1) is 0 Å². The first-order valence-corrected chi connectivity index (χ1v) is 8.95. The minimum Gasteiger partial charge on any atom is -0.504 e. The van der Waals surface area contributed by atoms with Gasteiger partial charge >= 0.3 is 0 Å². The number of ether oxygens (including phenoxy) is 2. The van der Waals surface area contributed by atoms with Crippen LogP contribution in [0.15, 0.2) is 60.7 Å². The van der Waals surface area contributed by atoms with Crippen molar-refractivity contribution in [3.63, 3.8) is 0 Å². The number of benzene rings is 3. The lowest BCUT2D eigenvalue weighted by atomic mass is 10.1. The summed E-state index contributed by atoms with van der Waals surface area (Å²) in [7, 11) is 1.51. The van der Waals surface area contributed by atoms with Gasteiger partial charge in [0.1, 0.15) is 5.75 Å². The molecule has 0 aliphatic carbocycles. The third-order valence-electron chi connectivity index (χ3n) is 4.79. The van der Waals surface area contributed by atoms with Crippen molar-refractivity contribution in [3.8, 4) is 34.5 Å². The van der Waals surface area contributed by atoms with Crippen molar-refractivity contribution in [1.82, 2.24) is 9.97 Å². The highest BCUT2D eigenvalue weighted by atomic mass is 16.5. The second kappa shape index (κ2) is 7.19. The molecular weight excluding hydrogens is 352 g/mol. The Kier molecular flexibility index (Phi) is 4.57. The van der Waals surface area contributed by atoms with Crippen molar-refractivity contribution in [2.45, 2.75) is 13.8 Å². The summed E-state index contributed by atoms with van der Waals surface area (Å²) in [5.41, 5.74) is 3.41. The van der Waals surface area contributed by atoms with E-state index in [-0.39, 0.29) is 5.75 Å². The van der Waals surface area contributed by atoms with Gasteiger partial charge in [-0.2, -0.15) is 4.98 Å². The Morgan fingerprint density at radius 1 is 0.821 bits per heavy atom. The zero-order valence-corrected chi connectivity index (χ0v) is 15.9. The van der Waals surface area contributed by atoms with E-state index in [9.17, 15) is 5.11 Å². The molecule has 0 unspecified atom stereocenters. The molecule has 140 valence electrons. The quantitative estimate of drug-likeness (QED) is 0.518. The van der Waals surface area contributed by atoms with E-state index in [1.165, 1.54) is 7.11 Å². The summed E-state index contributed by atoms with van der Waals surface area (Å²) < 4.78 is 11.4. The predicted octanol–water partition coefficient (Wildman–Crippen LogP) is 5.42. The number of aryl methyl sites for hydroxylation is 1. The van der Waals surface area contributed by atoms with Crippen molar-refractivity contribution in [1.29, 1.82) is 0 Å². The topological polar surface area (TPSA) is 64.5 Å². The molecule has 1 aromatic heterocycles. The molecule has 0 aliphatic rings. The number of fused-ring (bicyclic) bond motifs is 1. The Morgan fingerprint density at radius 3 is 2.39 bits per heavy atom. The van der Waals surface area contributed by atoms with E-state index in [1.807, 2.05) is 56.3 Å². The number of nitrogens with zero attached hydrogens (tertiary/aromatic N) is 2. The SMILES string of the molecule is COc1cccc(-c2nc(Oc3cccc(C)c3C)c3ccccc3n2)c1O. The van der Waals surface area contributed by atoms with Gasteiger partial charge in [-0.3, -0.25) is 0 Å². The summed E-state index contributed by atoms with van der Waals surface area (Å²) in [5.74, 6) is 1.92. The van der Waals surface area contributed by atoms with Crippen LogP contribution in [0.4, 0.5) is 0 Å². The van der Waals surface area contributed by atoms with Gasteiger partial charge in [-0.05, 0) is 55.3 Å². The van der Waals surface area contributed by atoms with E-state index < -0.39 is 0 Å². The predicted molar refractivity (Wildman–Crippen MR) is 109 cm³/mol. The fourth-order valence-corrected chi connectivity index (χ4v) is 3.05. The van der Waals surface area contributed by atoms with E-state index in [4.69, 9.17) is 9.47 Å². The lowest BCUT2D eigenvalue weighted by Gasteiger charge is -2.13. The first-order valence-electron chi connectivity index (χ1n) is 8.95. The molecule has 1 heterocycles. The van der Waals surface area contributed by atoms with Crippen molar-refractivity contribution in [3.05, 3.63) is 71.8 Å². The van der Waals surface area contributed by atoms with E-state index >= 15 is 0 Å². The van der Waals surface area contributed by atoms with E-state index in [1.54, 1.807) is 18.2 Å². The van der Waals surface area contributed by atoms with Crippen molar-refractivity contribution in [2.75, 3.05) is 7.11 Å². The molecule has 0 bridgehead atoms. The van der Waals surface area contributed by atoms with Crippen LogP contribution in [-0.4, -0.2) is 22.2 Å². The van der Waals surface area contributed by atoms with Gasteiger partial charge in [0, 0.05) is 0 Å². The first-order chi connectivity index (χ1) is 13.6. The Labute approximate surface area is 163 Å². The van der Waals surface area contributed by atoms with Gasteiger partial charge in [0.2, 0.25) is 5.88 Å². The van der Waals surface area contributed by atoms with Crippen LogP contribution in [0.2, 0.25) is 0 Å². The summed E-state index contributed by atoms with van der Waals surface area (Å²) in [6, 6.07) is 18.8. The smallest absolute Gasteiger partial charge is 0.230 e. The normalized spacial score (nSPS) is 10.8. The zero-order chi connectivity index (χ0) is 19.7. The summed E-state index contributed by atoms with van der Waals surface area (Å²) in [5, 5.41) is 11.3.